The van der Waals surface area contributed by atoms with Crippen LogP contribution in [0.5, 0.6) is 0 Å². The van der Waals surface area contributed by atoms with E-state index in [0.717, 1.165) is 71.4 Å². The molecule has 36 heavy (non-hydrogen) atoms. The Labute approximate surface area is 212 Å². The van der Waals surface area contributed by atoms with Gasteiger partial charge in [-0.3, -0.25) is 14.4 Å². The molecule has 4 rings (SSSR count). The fraction of sp³-hybridized carbons (Fsp3) is 0.429. The van der Waals surface area contributed by atoms with E-state index < -0.39 is 5.41 Å². The molecule has 190 valence electrons. The molecule has 2 aromatic carbocycles. The Morgan fingerprint density at radius 2 is 1.56 bits per heavy atom. The minimum atomic E-state index is -0.630. The van der Waals surface area contributed by atoms with Crippen LogP contribution in [0.4, 0.5) is 11.4 Å². The summed E-state index contributed by atoms with van der Waals surface area (Å²) in [5.74, 6) is -0.00241. The number of nitrogens with zero attached hydrogens (tertiary/aromatic N) is 2. The van der Waals surface area contributed by atoms with Gasteiger partial charge in [0.2, 0.25) is 18.7 Å². The molecule has 8 nitrogen and oxygen atoms in total. The zero-order chi connectivity index (χ0) is 25.9. The second kappa shape index (κ2) is 10.6. The van der Waals surface area contributed by atoms with Gasteiger partial charge in [0.1, 0.15) is 0 Å². The van der Waals surface area contributed by atoms with Crippen molar-refractivity contribution in [3.63, 3.8) is 0 Å². The van der Waals surface area contributed by atoms with Gasteiger partial charge >= 0.3 is 0 Å². The van der Waals surface area contributed by atoms with Crippen LogP contribution < -0.4 is 16.4 Å². The standard InChI is InChI=1S/C28H35N5O3/c1-18(2)33-27(36)15-26(32-33)28(12-4-5-19(3)29)24-10-8-22(30-16-34)13-20(24)6-7-21-14-23(31-17-35)9-11-25(21)28/h8-11,13-14,16-19H,4-7,12,15,29H2,1-3H3,(H,30,34)(H,31,35)/t19-/m0/s1. The van der Waals surface area contributed by atoms with Crippen molar-refractivity contribution < 1.29 is 14.4 Å². The van der Waals surface area contributed by atoms with Crippen LogP contribution in [-0.4, -0.2) is 41.5 Å². The Kier molecular flexibility index (Phi) is 7.54. The zero-order valence-corrected chi connectivity index (χ0v) is 21.2. The average Bonchev–Trinajstić information content (AvgIpc) is 3.18. The lowest BCUT2D eigenvalue weighted by Gasteiger charge is -2.37. The molecule has 0 unspecified atom stereocenters. The highest BCUT2D eigenvalue weighted by Crippen LogP contribution is 2.47. The smallest absolute Gasteiger partial charge is 0.248 e. The summed E-state index contributed by atoms with van der Waals surface area (Å²) in [5.41, 5.74) is 12.2. The van der Waals surface area contributed by atoms with Gasteiger partial charge in [0.05, 0.1) is 17.5 Å². The molecule has 2 aliphatic rings. The van der Waals surface area contributed by atoms with Gasteiger partial charge in [-0.1, -0.05) is 18.6 Å². The first-order chi connectivity index (χ1) is 17.3. The van der Waals surface area contributed by atoms with E-state index in [1.54, 1.807) is 5.01 Å². The Balaban J connectivity index is 1.98. The number of hydrogen-bond donors (Lipinski definition) is 3. The third-order valence-electron chi connectivity index (χ3n) is 7.24. The third-order valence-corrected chi connectivity index (χ3v) is 7.24. The molecule has 1 aliphatic carbocycles. The third kappa shape index (κ3) is 4.78. The highest BCUT2D eigenvalue weighted by molar-refractivity contribution is 6.12. The van der Waals surface area contributed by atoms with Crippen molar-refractivity contribution in [3.05, 3.63) is 58.7 Å². The van der Waals surface area contributed by atoms with Crippen LogP contribution in [0.1, 0.15) is 68.7 Å². The number of hydrogen-bond acceptors (Lipinski definition) is 5. The van der Waals surface area contributed by atoms with Crippen LogP contribution in [0.15, 0.2) is 41.5 Å². The van der Waals surface area contributed by atoms with E-state index in [0.29, 0.717) is 12.8 Å². The van der Waals surface area contributed by atoms with E-state index in [1.165, 1.54) is 0 Å². The molecule has 4 N–H and O–H groups in total. The summed E-state index contributed by atoms with van der Waals surface area (Å²) in [4.78, 5) is 35.4. The quantitative estimate of drug-likeness (QED) is 0.441. The lowest BCUT2D eigenvalue weighted by molar-refractivity contribution is -0.130. The number of rotatable bonds is 10. The number of nitrogens with two attached hydrogens (primary N) is 1. The maximum atomic E-state index is 13.1. The van der Waals surface area contributed by atoms with Gasteiger partial charge in [0.25, 0.3) is 0 Å². The number of anilines is 2. The van der Waals surface area contributed by atoms with E-state index in [9.17, 15) is 14.4 Å². The monoisotopic (exact) mass is 489 g/mol. The predicted molar refractivity (Wildman–Crippen MR) is 142 cm³/mol. The molecule has 0 saturated heterocycles. The zero-order valence-electron chi connectivity index (χ0n) is 21.2. The Bertz CT molecular complexity index is 1130. The second-order valence-electron chi connectivity index (χ2n) is 10.1. The van der Waals surface area contributed by atoms with Crippen molar-refractivity contribution in [2.75, 3.05) is 10.6 Å². The Hall–Kier alpha value is -3.52. The summed E-state index contributed by atoms with van der Waals surface area (Å²) >= 11 is 0. The number of carbonyl (C=O) groups is 3. The maximum Gasteiger partial charge on any atom is 0.248 e. The summed E-state index contributed by atoms with van der Waals surface area (Å²) < 4.78 is 0. The molecule has 3 amide bonds. The van der Waals surface area contributed by atoms with Crippen LogP contribution in [0, 0.1) is 0 Å². The summed E-state index contributed by atoms with van der Waals surface area (Å²) in [7, 11) is 0. The highest BCUT2D eigenvalue weighted by atomic mass is 16.2. The molecule has 1 aliphatic heterocycles. The van der Waals surface area contributed by atoms with Crippen molar-refractivity contribution >= 4 is 35.8 Å². The number of nitrogens with one attached hydrogen (secondary N) is 2. The molecule has 0 fully saturated rings. The molecule has 2 aromatic rings. The molecule has 0 radical (unpaired) electrons. The van der Waals surface area contributed by atoms with E-state index in [-0.39, 0.29) is 24.4 Å². The Morgan fingerprint density at radius 1 is 1.00 bits per heavy atom. The van der Waals surface area contributed by atoms with Gasteiger partial charge in [-0.25, -0.2) is 5.01 Å². The Morgan fingerprint density at radius 3 is 2.00 bits per heavy atom. The van der Waals surface area contributed by atoms with Gasteiger partial charge in [0.15, 0.2) is 0 Å². The average molecular weight is 490 g/mol. The summed E-state index contributed by atoms with van der Waals surface area (Å²) in [5, 5.41) is 12.1. The number of hydrazone groups is 1. The fourth-order valence-electron chi connectivity index (χ4n) is 5.66. The minimum absolute atomic E-state index is 0.00241. The molecule has 0 spiro atoms. The van der Waals surface area contributed by atoms with E-state index >= 15 is 0 Å². The van der Waals surface area contributed by atoms with E-state index in [1.807, 2.05) is 45.0 Å². The van der Waals surface area contributed by atoms with Gasteiger partial charge in [-0.05, 0) is 93.0 Å². The molecule has 0 aromatic heterocycles. The summed E-state index contributed by atoms with van der Waals surface area (Å²) in [6.45, 7) is 5.95. The van der Waals surface area contributed by atoms with Gasteiger partial charge in [0, 0.05) is 23.5 Å². The van der Waals surface area contributed by atoms with Gasteiger partial charge in [-0.2, -0.15) is 5.10 Å². The first-order valence-electron chi connectivity index (χ1n) is 12.6. The number of carbonyl (C=O) groups excluding carboxylic acids is 3. The first-order valence-corrected chi connectivity index (χ1v) is 12.6. The van der Waals surface area contributed by atoms with E-state index in [2.05, 4.69) is 22.8 Å². The molecule has 1 atom stereocenters. The molecule has 8 heteroatoms. The molecule has 0 saturated carbocycles. The van der Waals surface area contributed by atoms with Gasteiger partial charge < -0.3 is 16.4 Å². The van der Waals surface area contributed by atoms with Crippen LogP contribution >= 0.6 is 0 Å². The summed E-state index contributed by atoms with van der Waals surface area (Å²) in [6.07, 6.45) is 5.56. The largest absolute Gasteiger partial charge is 0.329 e. The number of amides is 3. The predicted octanol–water partition coefficient (Wildman–Crippen LogP) is 3.72. The number of aryl methyl sites for hydroxylation is 2. The van der Waals surface area contributed by atoms with Crippen LogP contribution in [-0.2, 0) is 32.6 Å². The topological polar surface area (TPSA) is 117 Å². The maximum absolute atomic E-state index is 13.1. The fourth-order valence-corrected chi connectivity index (χ4v) is 5.66. The van der Waals surface area contributed by atoms with Crippen LogP contribution in [0.3, 0.4) is 0 Å². The molecular formula is C28H35N5O3. The lowest BCUT2D eigenvalue weighted by Crippen LogP contribution is -2.38. The first kappa shape index (κ1) is 25.6. The number of benzene rings is 2. The molecular weight excluding hydrogens is 454 g/mol. The second-order valence-corrected chi connectivity index (χ2v) is 10.1. The minimum Gasteiger partial charge on any atom is -0.329 e. The van der Waals surface area contributed by atoms with Crippen LogP contribution in [0.2, 0.25) is 0 Å². The van der Waals surface area contributed by atoms with Crippen molar-refractivity contribution in [2.45, 2.75) is 76.8 Å². The van der Waals surface area contributed by atoms with Crippen LogP contribution in [0.25, 0.3) is 0 Å². The molecule has 1 heterocycles. The van der Waals surface area contributed by atoms with E-state index in [4.69, 9.17) is 10.8 Å². The highest BCUT2D eigenvalue weighted by Gasteiger charge is 2.47. The van der Waals surface area contributed by atoms with Gasteiger partial charge in [-0.15, -0.1) is 0 Å². The van der Waals surface area contributed by atoms with Crippen molar-refractivity contribution in [1.82, 2.24) is 5.01 Å². The van der Waals surface area contributed by atoms with Crippen molar-refractivity contribution in [2.24, 2.45) is 10.8 Å². The van der Waals surface area contributed by atoms with Crippen molar-refractivity contribution in [3.8, 4) is 0 Å². The normalized spacial score (nSPS) is 17.1. The SMILES string of the molecule is CC(C)N1N=C(C2(CCC[C@H](C)N)c3ccc(NC=O)cc3CCc3cc(NC=O)ccc32)CC1=O. The summed E-state index contributed by atoms with van der Waals surface area (Å²) in [6, 6.07) is 12.0. The lowest BCUT2D eigenvalue weighted by atomic mass is 9.65. The number of fused-ring (bicyclic) bond motifs is 2. The van der Waals surface area contributed by atoms with Crippen molar-refractivity contribution in [1.29, 1.82) is 0 Å². The molecule has 0 bridgehead atoms.